The number of carbonyl (C=O) groups is 2. The first kappa shape index (κ1) is 12.0. The monoisotopic (exact) mass is 222 g/mol. The summed E-state index contributed by atoms with van der Waals surface area (Å²) >= 11 is 0. The summed E-state index contributed by atoms with van der Waals surface area (Å²) < 4.78 is 4.62. The molecule has 0 radical (unpaired) electrons. The van der Waals surface area contributed by atoms with Crippen molar-refractivity contribution in [3.8, 4) is 0 Å². The quantitative estimate of drug-likeness (QED) is 0.606. The number of nitrogens with two attached hydrogens (primary N) is 1. The van der Waals surface area contributed by atoms with Gasteiger partial charge in [-0.1, -0.05) is 0 Å². The number of anilines is 2. The fraction of sp³-hybridized carbons (Fsp3) is 0.273. The maximum Gasteiger partial charge on any atom is 0.303 e. The largest absolute Gasteiger partial charge is 0.456 e. The van der Waals surface area contributed by atoms with Gasteiger partial charge in [0.15, 0.2) is 6.61 Å². The summed E-state index contributed by atoms with van der Waals surface area (Å²) in [5.74, 6) is -0.765. The van der Waals surface area contributed by atoms with Crippen molar-refractivity contribution < 1.29 is 14.3 Å². The first-order valence-electron chi connectivity index (χ1n) is 4.76. The van der Waals surface area contributed by atoms with E-state index >= 15 is 0 Å². The van der Waals surface area contributed by atoms with Crippen LogP contribution in [0, 0.1) is 0 Å². The highest BCUT2D eigenvalue weighted by molar-refractivity contribution is 5.94. The standard InChI is InChI=1S/C11H14N2O3/c1-8(14)16-7-11(15)13(2)10-5-3-9(12)4-6-10/h3-6H,7,12H2,1-2H3. The van der Waals surface area contributed by atoms with E-state index in [1.165, 1.54) is 11.8 Å². The fourth-order valence-electron chi connectivity index (χ4n) is 1.10. The summed E-state index contributed by atoms with van der Waals surface area (Å²) in [5.41, 5.74) is 6.86. The molecule has 0 fully saturated rings. The number of likely N-dealkylation sites (N-methyl/N-ethyl adjacent to an activating group) is 1. The van der Waals surface area contributed by atoms with Crippen LogP contribution in [-0.2, 0) is 14.3 Å². The third-order valence-electron chi connectivity index (χ3n) is 2.05. The topological polar surface area (TPSA) is 72.6 Å². The lowest BCUT2D eigenvalue weighted by atomic mass is 10.2. The third-order valence-corrected chi connectivity index (χ3v) is 2.05. The van der Waals surface area contributed by atoms with E-state index in [-0.39, 0.29) is 12.5 Å². The molecule has 0 saturated carbocycles. The average molecular weight is 222 g/mol. The van der Waals surface area contributed by atoms with Gasteiger partial charge in [-0.25, -0.2) is 0 Å². The second-order valence-corrected chi connectivity index (χ2v) is 3.32. The van der Waals surface area contributed by atoms with E-state index in [1.807, 2.05) is 0 Å². The van der Waals surface area contributed by atoms with Gasteiger partial charge in [0.2, 0.25) is 0 Å². The molecule has 0 spiro atoms. The molecule has 1 aromatic carbocycles. The van der Waals surface area contributed by atoms with Crippen LogP contribution in [0.25, 0.3) is 0 Å². The molecule has 0 aliphatic heterocycles. The minimum Gasteiger partial charge on any atom is -0.456 e. The molecule has 0 aliphatic carbocycles. The molecule has 86 valence electrons. The Kier molecular flexibility index (Phi) is 3.88. The van der Waals surface area contributed by atoms with Crippen LogP contribution < -0.4 is 10.6 Å². The molecule has 0 aliphatic rings. The lowest BCUT2D eigenvalue weighted by Crippen LogP contribution is -2.30. The summed E-state index contributed by atoms with van der Waals surface area (Å²) in [6.07, 6.45) is 0. The van der Waals surface area contributed by atoms with Crippen molar-refractivity contribution in [2.45, 2.75) is 6.92 Å². The van der Waals surface area contributed by atoms with Gasteiger partial charge in [0.1, 0.15) is 0 Å². The summed E-state index contributed by atoms with van der Waals surface area (Å²) in [6, 6.07) is 6.85. The lowest BCUT2D eigenvalue weighted by molar-refractivity contribution is -0.145. The van der Waals surface area contributed by atoms with Gasteiger partial charge in [-0.3, -0.25) is 9.59 Å². The summed E-state index contributed by atoms with van der Waals surface area (Å²) in [5, 5.41) is 0. The molecule has 0 atom stereocenters. The van der Waals surface area contributed by atoms with Crippen LogP contribution in [0.1, 0.15) is 6.92 Å². The normalized spacial score (nSPS) is 9.62. The Morgan fingerprint density at radius 3 is 2.38 bits per heavy atom. The molecule has 0 bridgehead atoms. The smallest absolute Gasteiger partial charge is 0.303 e. The number of carbonyl (C=O) groups excluding carboxylic acids is 2. The van der Waals surface area contributed by atoms with Gasteiger partial charge in [0.05, 0.1) is 0 Å². The number of nitrogen functional groups attached to an aromatic ring is 1. The van der Waals surface area contributed by atoms with Gasteiger partial charge in [-0.15, -0.1) is 0 Å². The molecule has 2 N–H and O–H groups in total. The highest BCUT2D eigenvalue weighted by Crippen LogP contribution is 2.14. The Balaban J connectivity index is 2.63. The molecular formula is C11H14N2O3. The maximum absolute atomic E-state index is 11.6. The van der Waals surface area contributed by atoms with E-state index < -0.39 is 5.97 Å². The van der Waals surface area contributed by atoms with Crippen molar-refractivity contribution in [2.24, 2.45) is 0 Å². The van der Waals surface area contributed by atoms with Crippen molar-refractivity contribution in [1.82, 2.24) is 0 Å². The van der Waals surface area contributed by atoms with Gasteiger partial charge >= 0.3 is 5.97 Å². The highest BCUT2D eigenvalue weighted by atomic mass is 16.5. The van der Waals surface area contributed by atoms with Gasteiger partial charge in [-0.05, 0) is 24.3 Å². The number of rotatable bonds is 3. The average Bonchev–Trinajstić information content (AvgIpc) is 2.26. The molecule has 0 heterocycles. The molecule has 5 heteroatoms. The SMILES string of the molecule is CC(=O)OCC(=O)N(C)c1ccc(N)cc1. The maximum atomic E-state index is 11.6. The fourth-order valence-corrected chi connectivity index (χ4v) is 1.10. The van der Waals surface area contributed by atoms with E-state index in [4.69, 9.17) is 5.73 Å². The Hall–Kier alpha value is -2.04. The molecule has 1 rings (SSSR count). The first-order chi connectivity index (χ1) is 7.50. The Labute approximate surface area is 93.8 Å². The lowest BCUT2D eigenvalue weighted by Gasteiger charge is -2.17. The van der Waals surface area contributed by atoms with Gasteiger partial charge < -0.3 is 15.4 Å². The van der Waals surface area contributed by atoms with Crippen LogP contribution in [0.5, 0.6) is 0 Å². The van der Waals surface area contributed by atoms with Crippen LogP contribution in [0.15, 0.2) is 24.3 Å². The van der Waals surface area contributed by atoms with Gasteiger partial charge in [0.25, 0.3) is 5.91 Å². The zero-order valence-electron chi connectivity index (χ0n) is 9.27. The molecular weight excluding hydrogens is 208 g/mol. The predicted octanol–water partition coefficient (Wildman–Crippen LogP) is 0.795. The van der Waals surface area contributed by atoms with E-state index in [9.17, 15) is 9.59 Å². The molecule has 0 aromatic heterocycles. The van der Waals surface area contributed by atoms with Gasteiger partial charge in [0, 0.05) is 25.3 Å². The zero-order valence-corrected chi connectivity index (χ0v) is 9.27. The second kappa shape index (κ2) is 5.16. The zero-order chi connectivity index (χ0) is 12.1. The van der Waals surface area contributed by atoms with Crippen LogP contribution in [0.4, 0.5) is 11.4 Å². The molecule has 1 amide bonds. The van der Waals surface area contributed by atoms with Crippen LogP contribution in [-0.4, -0.2) is 25.5 Å². The minimum absolute atomic E-state index is 0.254. The number of ether oxygens (including phenoxy) is 1. The van der Waals surface area contributed by atoms with Crippen LogP contribution >= 0.6 is 0 Å². The number of amides is 1. The molecule has 5 nitrogen and oxygen atoms in total. The number of benzene rings is 1. The Bertz CT molecular complexity index is 387. The number of nitrogens with zero attached hydrogens (tertiary/aromatic N) is 1. The molecule has 0 unspecified atom stereocenters. The molecule has 1 aromatic rings. The predicted molar refractivity (Wildman–Crippen MR) is 60.9 cm³/mol. The number of esters is 1. The van der Waals surface area contributed by atoms with Crippen molar-refractivity contribution in [1.29, 1.82) is 0 Å². The second-order valence-electron chi connectivity index (χ2n) is 3.32. The van der Waals surface area contributed by atoms with Crippen molar-refractivity contribution in [3.63, 3.8) is 0 Å². The van der Waals surface area contributed by atoms with E-state index in [0.29, 0.717) is 11.4 Å². The van der Waals surface area contributed by atoms with E-state index in [1.54, 1.807) is 31.3 Å². The van der Waals surface area contributed by atoms with E-state index in [2.05, 4.69) is 4.74 Å². The minimum atomic E-state index is -0.473. The summed E-state index contributed by atoms with van der Waals surface area (Å²) in [4.78, 5) is 23.5. The van der Waals surface area contributed by atoms with Crippen molar-refractivity contribution >= 4 is 23.3 Å². The molecule has 0 saturated heterocycles. The molecule has 16 heavy (non-hydrogen) atoms. The summed E-state index contributed by atoms with van der Waals surface area (Å²) in [6.45, 7) is 1.01. The van der Waals surface area contributed by atoms with Crippen molar-refractivity contribution in [2.75, 3.05) is 24.3 Å². The summed E-state index contributed by atoms with van der Waals surface area (Å²) in [7, 11) is 1.61. The number of hydrogen-bond acceptors (Lipinski definition) is 4. The highest BCUT2D eigenvalue weighted by Gasteiger charge is 2.11. The Morgan fingerprint density at radius 1 is 1.31 bits per heavy atom. The van der Waals surface area contributed by atoms with Crippen molar-refractivity contribution in [3.05, 3.63) is 24.3 Å². The third kappa shape index (κ3) is 3.27. The first-order valence-corrected chi connectivity index (χ1v) is 4.76. The van der Waals surface area contributed by atoms with Gasteiger partial charge in [-0.2, -0.15) is 0 Å². The van der Waals surface area contributed by atoms with Crippen LogP contribution in [0.3, 0.4) is 0 Å². The van der Waals surface area contributed by atoms with Crippen LogP contribution in [0.2, 0.25) is 0 Å². The number of hydrogen-bond donors (Lipinski definition) is 1. The van der Waals surface area contributed by atoms with E-state index in [0.717, 1.165) is 0 Å². The Morgan fingerprint density at radius 2 is 1.88 bits per heavy atom.